The lowest BCUT2D eigenvalue weighted by atomic mass is 10.2. The minimum atomic E-state index is -3.52. The minimum Gasteiger partial charge on any atom is -0.368 e. The third-order valence-corrected chi connectivity index (χ3v) is 7.90. The summed E-state index contributed by atoms with van der Waals surface area (Å²) in [4.78, 5) is 14.0. The summed E-state index contributed by atoms with van der Waals surface area (Å²) in [5.74, 6) is 0.803. The molecule has 2 aromatic carbocycles. The number of sulfonamides is 1. The zero-order valence-electron chi connectivity index (χ0n) is 17.7. The van der Waals surface area contributed by atoms with Gasteiger partial charge in [0.25, 0.3) is 0 Å². The molecule has 0 radical (unpaired) electrons. The molecule has 0 N–H and O–H groups in total. The second-order valence-electron chi connectivity index (χ2n) is 7.42. The monoisotopic (exact) mass is 459 g/mol. The lowest BCUT2D eigenvalue weighted by Crippen LogP contribution is -2.46. The Balaban J connectivity index is 1.51. The van der Waals surface area contributed by atoms with Gasteiger partial charge in [0.2, 0.25) is 10.0 Å². The van der Waals surface area contributed by atoms with E-state index in [1.165, 1.54) is 4.31 Å². The van der Waals surface area contributed by atoms with Gasteiger partial charge in [-0.1, -0.05) is 31.5 Å². The van der Waals surface area contributed by atoms with Gasteiger partial charge in [0.1, 0.15) is 5.82 Å². The summed E-state index contributed by atoms with van der Waals surface area (Å²) in [5.41, 5.74) is 2.39. The zero-order valence-corrected chi connectivity index (χ0v) is 19.3. The second kappa shape index (κ2) is 8.98. The van der Waals surface area contributed by atoms with Crippen molar-refractivity contribution < 1.29 is 8.42 Å². The molecule has 7 nitrogen and oxygen atoms in total. The highest BCUT2D eigenvalue weighted by Crippen LogP contribution is 2.24. The third kappa shape index (κ3) is 4.46. The van der Waals surface area contributed by atoms with Crippen molar-refractivity contribution in [3.63, 3.8) is 0 Å². The molecule has 2 heterocycles. The maximum Gasteiger partial charge on any atom is 0.243 e. The molecule has 1 saturated heterocycles. The van der Waals surface area contributed by atoms with E-state index in [-0.39, 0.29) is 4.90 Å². The van der Waals surface area contributed by atoms with Crippen LogP contribution >= 0.6 is 11.6 Å². The molecule has 164 valence electrons. The summed E-state index contributed by atoms with van der Waals surface area (Å²) in [6.45, 7) is 7.90. The lowest BCUT2D eigenvalue weighted by molar-refractivity contribution is 0.445. The van der Waals surface area contributed by atoms with Crippen LogP contribution in [0.25, 0.3) is 11.0 Å². The van der Waals surface area contributed by atoms with Crippen molar-refractivity contribution >= 4 is 44.2 Å². The number of rotatable bonds is 6. The van der Waals surface area contributed by atoms with Crippen LogP contribution in [0.15, 0.2) is 53.6 Å². The summed E-state index contributed by atoms with van der Waals surface area (Å²) < 4.78 is 27.0. The van der Waals surface area contributed by atoms with E-state index < -0.39 is 10.0 Å². The molecule has 1 aliphatic rings. The van der Waals surface area contributed by atoms with Gasteiger partial charge in [-0.15, -0.1) is 0 Å². The highest BCUT2D eigenvalue weighted by molar-refractivity contribution is 7.89. The van der Waals surface area contributed by atoms with Crippen molar-refractivity contribution in [1.82, 2.24) is 14.3 Å². The quantitative estimate of drug-likeness (QED) is 0.560. The molecule has 1 aromatic heterocycles. The van der Waals surface area contributed by atoms with E-state index >= 15 is 0 Å². The van der Waals surface area contributed by atoms with Crippen LogP contribution in [-0.2, 0) is 10.0 Å². The number of aromatic nitrogens is 2. The Bertz CT molecular complexity index is 1180. The highest BCUT2D eigenvalue weighted by atomic mass is 35.5. The van der Waals surface area contributed by atoms with Gasteiger partial charge in [0.15, 0.2) is 0 Å². The first kappa shape index (κ1) is 21.8. The van der Waals surface area contributed by atoms with Gasteiger partial charge >= 0.3 is 0 Å². The van der Waals surface area contributed by atoms with E-state index in [1.807, 2.05) is 32.0 Å². The fraction of sp³-hybridized carbons (Fsp3) is 0.364. The molecule has 0 spiro atoms. The topological polar surface area (TPSA) is 69.6 Å². The molecule has 0 aliphatic carbocycles. The maximum atomic E-state index is 12.8. The first-order valence-electron chi connectivity index (χ1n) is 10.4. The Morgan fingerprint density at radius 1 is 0.968 bits per heavy atom. The summed E-state index contributed by atoms with van der Waals surface area (Å²) in [5, 5.41) is 0.739. The number of piperazine rings is 1. The molecule has 4 rings (SSSR count). The van der Waals surface area contributed by atoms with E-state index in [1.54, 1.807) is 24.4 Å². The second-order valence-corrected chi connectivity index (χ2v) is 9.80. The molecule has 9 heteroatoms. The van der Waals surface area contributed by atoms with Crippen LogP contribution in [0.5, 0.6) is 0 Å². The van der Waals surface area contributed by atoms with Crippen LogP contribution < -0.4 is 9.80 Å². The normalized spacial score (nSPS) is 15.1. The van der Waals surface area contributed by atoms with E-state index in [4.69, 9.17) is 16.6 Å². The van der Waals surface area contributed by atoms with E-state index in [2.05, 4.69) is 20.9 Å². The van der Waals surface area contributed by atoms with Gasteiger partial charge in [0, 0.05) is 50.0 Å². The van der Waals surface area contributed by atoms with Crippen molar-refractivity contribution in [3.8, 4) is 0 Å². The van der Waals surface area contributed by atoms with Crippen LogP contribution in [0, 0.1) is 0 Å². The van der Waals surface area contributed by atoms with Crippen molar-refractivity contribution in [2.24, 2.45) is 0 Å². The molecule has 0 saturated carbocycles. The van der Waals surface area contributed by atoms with Crippen LogP contribution in [0.1, 0.15) is 13.8 Å². The van der Waals surface area contributed by atoms with Gasteiger partial charge in [0.05, 0.1) is 22.1 Å². The SMILES string of the molecule is CCN(CC)S(=O)(=O)c1ccc2nc(N3CCN(c4cccc(Cl)c4)CC3)cnc2c1. The highest BCUT2D eigenvalue weighted by Gasteiger charge is 2.23. The Hall–Kier alpha value is -2.42. The number of hydrogen-bond donors (Lipinski definition) is 0. The maximum absolute atomic E-state index is 12.8. The molecule has 0 atom stereocenters. The molecule has 0 unspecified atom stereocenters. The largest absolute Gasteiger partial charge is 0.368 e. The Morgan fingerprint density at radius 3 is 2.35 bits per heavy atom. The summed E-state index contributed by atoms with van der Waals surface area (Å²) in [6, 6.07) is 12.9. The Labute approximate surface area is 188 Å². The molecule has 1 aliphatic heterocycles. The number of nitrogens with zero attached hydrogens (tertiary/aromatic N) is 5. The van der Waals surface area contributed by atoms with Crippen LogP contribution in [-0.4, -0.2) is 62.0 Å². The van der Waals surface area contributed by atoms with Crippen LogP contribution in [0.3, 0.4) is 0 Å². The molecule has 0 bridgehead atoms. The van der Waals surface area contributed by atoms with Crippen molar-refractivity contribution in [3.05, 3.63) is 53.7 Å². The van der Waals surface area contributed by atoms with Gasteiger partial charge in [-0.2, -0.15) is 4.31 Å². The Morgan fingerprint density at radius 2 is 1.68 bits per heavy atom. The first-order valence-corrected chi connectivity index (χ1v) is 12.3. The summed E-state index contributed by atoms with van der Waals surface area (Å²) >= 11 is 6.12. The number of anilines is 2. The third-order valence-electron chi connectivity index (χ3n) is 5.62. The average molecular weight is 460 g/mol. The fourth-order valence-corrected chi connectivity index (χ4v) is 5.54. The summed E-state index contributed by atoms with van der Waals surface area (Å²) in [7, 11) is -3.52. The predicted molar refractivity (Wildman–Crippen MR) is 126 cm³/mol. The molecule has 3 aromatic rings. The fourth-order valence-electron chi connectivity index (χ4n) is 3.87. The number of fused-ring (bicyclic) bond motifs is 1. The predicted octanol–water partition coefficient (Wildman–Crippen LogP) is 3.64. The standard InChI is InChI=1S/C22H26ClN5O2S/c1-3-28(4-2)31(29,30)19-8-9-20-21(15-19)24-16-22(25-20)27-12-10-26(11-13-27)18-7-5-6-17(23)14-18/h5-9,14-16H,3-4,10-13H2,1-2H3. The van der Waals surface area contributed by atoms with E-state index in [0.29, 0.717) is 24.1 Å². The minimum absolute atomic E-state index is 0.251. The Kier molecular flexibility index (Phi) is 6.31. The van der Waals surface area contributed by atoms with Crippen molar-refractivity contribution in [1.29, 1.82) is 0 Å². The van der Waals surface area contributed by atoms with Crippen molar-refractivity contribution in [2.75, 3.05) is 49.1 Å². The first-order chi connectivity index (χ1) is 14.9. The van der Waals surface area contributed by atoms with Gasteiger partial charge in [-0.25, -0.2) is 13.4 Å². The average Bonchev–Trinajstić information content (AvgIpc) is 2.79. The van der Waals surface area contributed by atoms with Crippen LogP contribution in [0.2, 0.25) is 5.02 Å². The van der Waals surface area contributed by atoms with Gasteiger partial charge in [-0.05, 0) is 36.4 Å². The van der Waals surface area contributed by atoms with E-state index in [9.17, 15) is 8.42 Å². The molecule has 0 amide bonds. The zero-order chi connectivity index (χ0) is 22.0. The molecular weight excluding hydrogens is 434 g/mol. The lowest BCUT2D eigenvalue weighted by Gasteiger charge is -2.36. The number of halogens is 1. The molecular formula is C22H26ClN5O2S. The molecule has 31 heavy (non-hydrogen) atoms. The summed E-state index contributed by atoms with van der Waals surface area (Å²) in [6.07, 6.45) is 1.73. The molecule has 1 fully saturated rings. The number of benzene rings is 2. The van der Waals surface area contributed by atoms with Gasteiger partial charge in [-0.3, -0.25) is 4.98 Å². The van der Waals surface area contributed by atoms with E-state index in [0.717, 1.165) is 42.7 Å². The van der Waals surface area contributed by atoms with Crippen LogP contribution in [0.4, 0.5) is 11.5 Å². The van der Waals surface area contributed by atoms with Crippen molar-refractivity contribution in [2.45, 2.75) is 18.7 Å². The van der Waals surface area contributed by atoms with Gasteiger partial charge < -0.3 is 9.80 Å². The number of hydrogen-bond acceptors (Lipinski definition) is 6. The smallest absolute Gasteiger partial charge is 0.243 e.